The highest BCUT2D eigenvalue weighted by Crippen LogP contribution is 2.45. The second-order valence-electron chi connectivity index (χ2n) is 12.1. The van der Waals surface area contributed by atoms with Crippen molar-refractivity contribution < 1.29 is 14.3 Å². The number of para-hydroxylation sites is 1. The molecule has 1 aliphatic carbocycles. The number of thioether (sulfide) groups is 1. The lowest BCUT2D eigenvalue weighted by Gasteiger charge is -2.33. The van der Waals surface area contributed by atoms with Crippen molar-refractivity contribution in [1.29, 1.82) is 0 Å². The number of anilines is 3. The fourth-order valence-corrected chi connectivity index (χ4v) is 8.15. The summed E-state index contributed by atoms with van der Waals surface area (Å²) in [6.45, 7) is 8.89. The molecule has 0 spiro atoms. The summed E-state index contributed by atoms with van der Waals surface area (Å²) >= 11 is 8.50. The number of rotatable bonds is 9. The van der Waals surface area contributed by atoms with Gasteiger partial charge in [0.15, 0.2) is 5.11 Å². The number of hydrogen-bond donors (Lipinski definition) is 3. The van der Waals surface area contributed by atoms with E-state index >= 15 is 0 Å². The van der Waals surface area contributed by atoms with E-state index in [1.807, 2.05) is 84.9 Å². The fourth-order valence-electron chi connectivity index (χ4n) is 5.51. The third kappa shape index (κ3) is 8.34. The van der Waals surface area contributed by atoms with Gasteiger partial charge in [0.25, 0.3) is 0 Å². The van der Waals surface area contributed by atoms with Crippen molar-refractivity contribution in [3.63, 3.8) is 0 Å². The van der Waals surface area contributed by atoms with Gasteiger partial charge in [0.2, 0.25) is 5.91 Å². The summed E-state index contributed by atoms with van der Waals surface area (Å²) in [5.41, 5.74) is 4.27. The molecule has 4 aromatic rings. The summed E-state index contributed by atoms with van der Waals surface area (Å²) in [5, 5.41) is 10.1. The Morgan fingerprint density at radius 3 is 2.31 bits per heavy atom. The van der Waals surface area contributed by atoms with Gasteiger partial charge in [-0.05, 0) is 91.2 Å². The number of carbonyl (C=O) groups excluding carboxylic acids is 2. The molecule has 0 saturated carbocycles. The highest BCUT2D eigenvalue weighted by atomic mass is 32.2. The SMILES string of the molecule is CCOC(=O)c1c(NC(=O)C(Sc2cccc(NC(=S)Nc3ccccc3)c2)c2ccccc2)sc2c1CCC(C(C)(C)C)C2. The molecular formula is C36H39N3O3S3. The monoisotopic (exact) mass is 657 g/mol. The van der Waals surface area contributed by atoms with E-state index in [4.69, 9.17) is 17.0 Å². The maximum absolute atomic E-state index is 14.1. The Bertz CT molecular complexity index is 1650. The van der Waals surface area contributed by atoms with Crippen molar-refractivity contribution in [3.8, 4) is 0 Å². The highest BCUT2D eigenvalue weighted by molar-refractivity contribution is 8.00. The van der Waals surface area contributed by atoms with Gasteiger partial charge in [-0.3, -0.25) is 4.79 Å². The van der Waals surface area contributed by atoms with Crippen LogP contribution in [0.25, 0.3) is 0 Å². The van der Waals surface area contributed by atoms with E-state index in [0.29, 0.717) is 21.6 Å². The Morgan fingerprint density at radius 2 is 1.62 bits per heavy atom. The molecule has 1 aliphatic rings. The van der Waals surface area contributed by atoms with E-state index in [-0.39, 0.29) is 23.9 Å². The van der Waals surface area contributed by atoms with E-state index in [0.717, 1.165) is 46.7 Å². The number of carbonyl (C=O) groups is 2. The molecule has 9 heteroatoms. The van der Waals surface area contributed by atoms with Crippen molar-refractivity contribution >= 4 is 68.7 Å². The molecule has 1 heterocycles. The third-order valence-corrected chi connectivity index (χ3v) is 10.5. The van der Waals surface area contributed by atoms with E-state index < -0.39 is 5.25 Å². The first kappa shape index (κ1) is 32.7. The van der Waals surface area contributed by atoms with E-state index in [1.165, 1.54) is 28.0 Å². The molecule has 3 aromatic carbocycles. The van der Waals surface area contributed by atoms with Crippen LogP contribution >= 0.6 is 35.3 Å². The largest absolute Gasteiger partial charge is 0.462 e. The second kappa shape index (κ2) is 14.6. The molecule has 5 rings (SSSR count). The lowest BCUT2D eigenvalue weighted by molar-refractivity contribution is -0.115. The van der Waals surface area contributed by atoms with Crippen molar-refractivity contribution in [2.45, 2.75) is 57.1 Å². The smallest absolute Gasteiger partial charge is 0.341 e. The maximum atomic E-state index is 14.1. The van der Waals surface area contributed by atoms with Crippen LogP contribution < -0.4 is 16.0 Å². The van der Waals surface area contributed by atoms with Crippen molar-refractivity contribution in [3.05, 3.63) is 106 Å². The van der Waals surface area contributed by atoms with E-state index in [1.54, 1.807) is 6.92 Å². The lowest BCUT2D eigenvalue weighted by atomic mass is 9.72. The van der Waals surface area contributed by atoms with Gasteiger partial charge in [-0.15, -0.1) is 23.1 Å². The molecule has 6 nitrogen and oxygen atoms in total. The second-order valence-corrected chi connectivity index (χ2v) is 14.8. The number of hydrogen-bond acceptors (Lipinski definition) is 6. The number of esters is 1. The van der Waals surface area contributed by atoms with E-state index in [9.17, 15) is 9.59 Å². The number of ether oxygens (including phenoxy) is 1. The van der Waals surface area contributed by atoms with Crippen LogP contribution in [0.5, 0.6) is 0 Å². The summed E-state index contributed by atoms with van der Waals surface area (Å²) < 4.78 is 5.48. The standard InChI is InChI=1S/C36H39N3O3S3/c1-5-42-34(41)30-28-20-19-24(36(2,3)4)21-29(28)45-33(30)39-32(40)31(23-13-8-6-9-14-23)44-27-18-12-17-26(22-27)38-35(43)37-25-15-10-7-11-16-25/h6-18,22,24,31H,5,19-21H2,1-4H3,(H,39,40)(H2,37,38,43). The lowest BCUT2D eigenvalue weighted by Crippen LogP contribution is -2.26. The number of thiophene rings is 1. The minimum atomic E-state index is -0.563. The first-order valence-corrected chi connectivity index (χ1v) is 17.3. The third-order valence-electron chi connectivity index (χ3n) is 7.92. The fraction of sp³-hybridized carbons (Fsp3) is 0.306. The molecule has 0 fully saturated rings. The first-order chi connectivity index (χ1) is 21.6. The van der Waals surface area contributed by atoms with Gasteiger partial charge in [0.05, 0.1) is 12.2 Å². The average molecular weight is 658 g/mol. The first-order valence-electron chi connectivity index (χ1n) is 15.2. The summed E-state index contributed by atoms with van der Waals surface area (Å²) in [6, 6.07) is 27.3. The summed E-state index contributed by atoms with van der Waals surface area (Å²) in [6.07, 6.45) is 2.70. The highest BCUT2D eigenvalue weighted by Gasteiger charge is 2.35. The molecule has 1 amide bonds. The zero-order valence-electron chi connectivity index (χ0n) is 26.0. The molecule has 3 N–H and O–H groups in total. The number of nitrogens with one attached hydrogen (secondary N) is 3. The van der Waals surface area contributed by atoms with Crippen molar-refractivity contribution in [2.75, 3.05) is 22.6 Å². The summed E-state index contributed by atoms with van der Waals surface area (Å²) in [4.78, 5) is 29.4. The van der Waals surface area contributed by atoms with Gasteiger partial charge in [-0.1, -0.05) is 75.4 Å². The van der Waals surface area contributed by atoms with Gasteiger partial charge < -0.3 is 20.7 Å². The van der Waals surface area contributed by atoms with Crippen LogP contribution in [0.1, 0.15) is 65.7 Å². The molecule has 45 heavy (non-hydrogen) atoms. The molecule has 0 aliphatic heterocycles. The van der Waals surface area contributed by atoms with Gasteiger partial charge in [0, 0.05) is 21.1 Å². The Hall–Kier alpha value is -3.66. The zero-order valence-corrected chi connectivity index (χ0v) is 28.5. The Kier molecular flexibility index (Phi) is 10.6. The molecule has 0 bridgehead atoms. The van der Waals surface area contributed by atoms with Crippen LogP contribution in [0.15, 0.2) is 89.8 Å². The van der Waals surface area contributed by atoms with Gasteiger partial charge in [0.1, 0.15) is 10.3 Å². The molecule has 1 aromatic heterocycles. The van der Waals surface area contributed by atoms with Gasteiger partial charge >= 0.3 is 5.97 Å². The molecule has 0 saturated heterocycles. The minimum Gasteiger partial charge on any atom is -0.462 e. The van der Waals surface area contributed by atoms with Crippen LogP contribution in [0.4, 0.5) is 16.4 Å². The predicted molar refractivity (Wildman–Crippen MR) is 192 cm³/mol. The van der Waals surface area contributed by atoms with Crippen LogP contribution in [0.3, 0.4) is 0 Å². The van der Waals surface area contributed by atoms with Crippen molar-refractivity contribution in [1.82, 2.24) is 0 Å². The van der Waals surface area contributed by atoms with Crippen LogP contribution in [-0.4, -0.2) is 23.6 Å². The number of fused-ring (bicyclic) bond motifs is 1. The zero-order chi connectivity index (χ0) is 32.0. The number of benzene rings is 3. The normalized spacial score (nSPS) is 15.0. The Balaban J connectivity index is 1.39. The van der Waals surface area contributed by atoms with Crippen LogP contribution in [0, 0.1) is 11.3 Å². The molecule has 2 atom stereocenters. The molecule has 2 unspecified atom stereocenters. The topological polar surface area (TPSA) is 79.5 Å². The minimum absolute atomic E-state index is 0.162. The van der Waals surface area contributed by atoms with Crippen molar-refractivity contribution in [2.24, 2.45) is 11.3 Å². The number of thiocarbonyl (C=S) groups is 1. The Labute approximate surface area is 279 Å². The van der Waals surface area contributed by atoms with E-state index in [2.05, 4.69) is 36.7 Å². The molecule has 234 valence electrons. The quantitative estimate of drug-likeness (QED) is 0.0940. The maximum Gasteiger partial charge on any atom is 0.341 e. The molecule has 0 radical (unpaired) electrons. The summed E-state index contributed by atoms with van der Waals surface area (Å²) in [7, 11) is 0. The average Bonchev–Trinajstić information content (AvgIpc) is 3.37. The molecular weight excluding hydrogens is 619 g/mol. The van der Waals surface area contributed by atoms with Gasteiger partial charge in [-0.25, -0.2) is 4.79 Å². The number of amides is 1. The predicted octanol–water partition coefficient (Wildman–Crippen LogP) is 9.36. The Morgan fingerprint density at radius 1 is 0.956 bits per heavy atom. The summed E-state index contributed by atoms with van der Waals surface area (Å²) in [5.74, 6) is -0.0591. The van der Waals surface area contributed by atoms with Gasteiger partial charge in [-0.2, -0.15) is 0 Å². The van der Waals surface area contributed by atoms with Crippen LogP contribution in [0.2, 0.25) is 0 Å². The van der Waals surface area contributed by atoms with Crippen LogP contribution in [-0.2, 0) is 22.4 Å².